The molecule has 267 valence electrons. The monoisotopic (exact) mass is 708 g/mol. The molecule has 1 radical (unpaired) electrons. The normalized spacial score (nSPS) is 27.3. The van der Waals surface area contributed by atoms with Gasteiger partial charge in [-0.1, -0.05) is 139 Å². The highest BCUT2D eigenvalue weighted by atomic mass is 28.3. The zero-order valence-electron chi connectivity index (χ0n) is 31.7. The second-order valence-corrected chi connectivity index (χ2v) is 18.8. The van der Waals surface area contributed by atoms with Crippen molar-refractivity contribution in [1.29, 1.82) is 0 Å². The van der Waals surface area contributed by atoms with Gasteiger partial charge in [-0.15, -0.1) is 0 Å². The van der Waals surface area contributed by atoms with E-state index in [2.05, 4.69) is 158 Å². The van der Waals surface area contributed by atoms with E-state index in [0.717, 1.165) is 57.8 Å². The highest BCUT2D eigenvalue weighted by Gasteiger charge is 2.54. The Morgan fingerprint density at radius 1 is 0.679 bits per heavy atom. The van der Waals surface area contributed by atoms with Gasteiger partial charge in [0.15, 0.2) is 0 Å². The second kappa shape index (κ2) is 14.8. The van der Waals surface area contributed by atoms with Gasteiger partial charge in [-0.25, -0.2) is 0 Å². The van der Waals surface area contributed by atoms with E-state index < -0.39 is 8.80 Å². The smallest absolute Gasteiger partial charge is 0.0796 e. The standard InChI is InChI=1S/C51H54NSi/c1-53(2)50-36-42(34-35-44(50)38-20-8-4-9-21-38)52(49-29-17-14-24-43(49)37-18-6-3-7-19-37)41-32-30-40(31-33-41)51(39-22-10-5-11-23-39)47-27-15-12-25-45(47)46-26-13-16-28-48(46)51/h4,6,8-10,12-13,15,18-20,22-23,25-27,30-36,38,45,47H,3,5,7,11,14,16-17,21,24,28-29H2,1-2H3. The summed E-state index contributed by atoms with van der Waals surface area (Å²) in [7, 11) is -0.708. The Balaban J connectivity index is 1.21. The zero-order valence-corrected chi connectivity index (χ0v) is 32.7. The minimum Gasteiger partial charge on any atom is -0.314 e. The Morgan fingerprint density at radius 2 is 1.45 bits per heavy atom. The Labute approximate surface area is 320 Å². The highest BCUT2D eigenvalue weighted by Crippen LogP contribution is 2.61. The Kier molecular flexibility index (Phi) is 9.59. The lowest BCUT2D eigenvalue weighted by molar-refractivity contribution is 0.414. The van der Waals surface area contributed by atoms with E-state index in [1.807, 2.05) is 0 Å². The Bertz CT molecular complexity index is 2100. The van der Waals surface area contributed by atoms with Crippen LogP contribution in [0.1, 0.15) is 87.7 Å². The number of anilines is 2. The summed E-state index contributed by atoms with van der Waals surface area (Å²) in [5.41, 5.74) is 14.7. The summed E-state index contributed by atoms with van der Waals surface area (Å²) in [6.45, 7) is 4.94. The van der Waals surface area contributed by atoms with Gasteiger partial charge in [0.1, 0.15) is 0 Å². The van der Waals surface area contributed by atoms with Crippen LogP contribution >= 0.6 is 0 Å². The van der Waals surface area contributed by atoms with Crippen molar-refractivity contribution in [2.24, 2.45) is 11.8 Å². The van der Waals surface area contributed by atoms with Crippen molar-refractivity contribution < 1.29 is 0 Å². The molecule has 0 amide bonds. The molecule has 0 aromatic heterocycles. The first-order valence-corrected chi connectivity index (χ1v) is 23.0. The van der Waals surface area contributed by atoms with E-state index in [-0.39, 0.29) is 5.41 Å². The Hall–Kier alpha value is -4.40. The molecule has 4 atom stereocenters. The quantitative estimate of drug-likeness (QED) is 0.247. The third kappa shape index (κ3) is 6.08. The minimum absolute atomic E-state index is 0.141. The van der Waals surface area contributed by atoms with Crippen LogP contribution in [0, 0.1) is 11.8 Å². The fraction of sp³-hybridized carbons (Fsp3) is 0.333. The summed E-state index contributed by atoms with van der Waals surface area (Å²) in [6.07, 6.45) is 51.1. The summed E-state index contributed by atoms with van der Waals surface area (Å²) < 4.78 is 0. The van der Waals surface area contributed by atoms with Crippen molar-refractivity contribution in [3.63, 3.8) is 0 Å². The fourth-order valence-electron chi connectivity index (χ4n) is 10.6. The van der Waals surface area contributed by atoms with Crippen LogP contribution in [-0.4, -0.2) is 8.80 Å². The van der Waals surface area contributed by atoms with E-state index in [0.29, 0.717) is 17.8 Å². The molecule has 7 aliphatic rings. The molecule has 7 aliphatic carbocycles. The zero-order chi connectivity index (χ0) is 35.8. The number of fused-ring (bicyclic) bond motifs is 2. The van der Waals surface area contributed by atoms with Gasteiger partial charge in [-0.3, -0.25) is 0 Å². The van der Waals surface area contributed by atoms with Crippen molar-refractivity contribution in [2.75, 3.05) is 4.90 Å². The van der Waals surface area contributed by atoms with Crippen molar-refractivity contribution in [1.82, 2.24) is 0 Å². The van der Waals surface area contributed by atoms with Crippen LogP contribution in [0.2, 0.25) is 13.1 Å². The molecule has 9 rings (SSSR count). The van der Waals surface area contributed by atoms with Crippen LogP contribution in [0.3, 0.4) is 0 Å². The molecule has 0 N–H and O–H groups in total. The number of rotatable bonds is 8. The number of nitrogens with zero attached hydrogens (tertiary/aromatic N) is 1. The van der Waals surface area contributed by atoms with E-state index in [9.17, 15) is 0 Å². The molecule has 0 saturated carbocycles. The van der Waals surface area contributed by atoms with Gasteiger partial charge < -0.3 is 4.90 Å². The lowest BCUT2D eigenvalue weighted by atomic mass is 9.60. The van der Waals surface area contributed by atoms with Crippen LogP contribution in [0.4, 0.5) is 11.4 Å². The first kappa shape index (κ1) is 34.4. The summed E-state index contributed by atoms with van der Waals surface area (Å²) >= 11 is 0. The maximum atomic E-state index is 2.68. The summed E-state index contributed by atoms with van der Waals surface area (Å²) in [6, 6.07) is 17.5. The van der Waals surface area contributed by atoms with Gasteiger partial charge in [0.05, 0.1) is 8.80 Å². The van der Waals surface area contributed by atoms with Gasteiger partial charge in [-0.05, 0) is 128 Å². The molecule has 0 fully saturated rings. The molecule has 1 nitrogen and oxygen atoms in total. The van der Waals surface area contributed by atoms with Crippen molar-refractivity contribution in [3.05, 3.63) is 184 Å². The maximum Gasteiger partial charge on any atom is 0.0796 e. The molecule has 4 unspecified atom stereocenters. The van der Waals surface area contributed by atoms with E-state index in [4.69, 9.17) is 0 Å². The van der Waals surface area contributed by atoms with Gasteiger partial charge in [0.2, 0.25) is 0 Å². The van der Waals surface area contributed by atoms with Crippen LogP contribution < -0.4 is 10.1 Å². The first-order valence-electron chi connectivity index (χ1n) is 20.5. The third-order valence-electron chi connectivity index (χ3n) is 13.0. The van der Waals surface area contributed by atoms with Crippen molar-refractivity contribution in [2.45, 2.75) is 95.1 Å². The predicted octanol–water partition coefficient (Wildman–Crippen LogP) is 13.0. The maximum absolute atomic E-state index is 2.68. The SMILES string of the molecule is C[Si](C)c1cc(N(C2=C(C3=CCCC=C3)CCCC2)c2ccc(C3(C4=CCCC=C4)C4=C(C=CCC4)C4C=CC=CC43)cc2)ccc1C1C=CC=CC1. The molecular formula is C51H54NSi. The fourth-order valence-corrected chi connectivity index (χ4v) is 11.9. The number of hydrogen-bond acceptors (Lipinski definition) is 1. The van der Waals surface area contributed by atoms with Gasteiger partial charge in [0.25, 0.3) is 0 Å². The molecule has 2 aromatic rings. The lowest BCUT2D eigenvalue weighted by Crippen LogP contribution is -2.37. The number of hydrogen-bond donors (Lipinski definition) is 0. The average molecular weight is 709 g/mol. The van der Waals surface area contributed by atoms with E-state index in [1.54, 1.807) is 21.9 Å². The van der Waals surface area contributed by atoms with Gasteiger partial charge >= 0.3 is 0 Å². The largest absolute Gasteiger partial charge is 0.314 e. The molecule has 0 spiro atoms. The van der Waals surface area contributed by atoms with E-state index in [1.165, 1.54) is 52.2 Å². The molecule has 2 heteroatoms. The summed E-state index contributed by atoms with van der Waals surface area (Å²) in [4.78, 5) is 2.68. The molecule has 2 aromatic carbocycles. The molecule has 0 aliphatic heterocycles. The molecular weight excluding hydrogens is 655 g/mol. The van der Waals surface area contributed by atoms with Crippen LogP contribution in [0.25, 0.3) is 0 Å². The topological polar surface area (TPSA) is 3.24 Å². The lowest BCUT2D eigenvalue weighted by Gasteiger charge is -2.42. The minimum atomic E-state index is -0.708. The van der Waals surface area contributed by atoms with Crippen molar-refractivity contribution >= 4 is 25.4 Å². The van der Waals surface area contributed by atoms with Gasteiger partial charge in [0, 0.05) is 40.2 Å². The molecule has 53 heavy (non-hydrogen) atoms. The summed E-state index contributed by atoms with van der Waals surface area (Å²) in [5.74, 6) is 1.28. The summed E-state index contributed by atoms with van der Waals surface area (Å²) in [5, 5.41) is 1.57. The van der Waals surface area contributed by atoms with Crippen LogP contribution in [-0.2, 0) is 5.41 Å². The molecule has 0 bridgehead atoms. The van der Waals surface area contributed by atoms with Crippen LogP contribution in [0.15, 0.2) is 173 Å². The highest BCUT2D eigenvalue weighted by molar-refractivity contribution is 6.71. The third-order valence-corrected chi connectivity index (χ3v) is 14.5. The number of allylic oxidation sites excluding steroid dienone is 22. The molecule has 0 saturated heterocycles. The second-order valence-electron chi connectivity index (χ2n) is 16.2. The van der Waals surface area contributed by atoms with Crippen molar-refractivity contribution in [3.8, 4) is 0 Å². The van der Waals surface area contributed by atoms with Gasteiger partial charge in [-0.2, -0.15) is 0 Å². The number of benzene rings is 2. The first-order chi connectivity index (χ1) is 26.1. The van der Waals surface area contributed by atoms with E-state index >= 15 is 0 Å². The van der Waals surface area contributed by atoms with Crippen LogP contribution in [0.5, 0.6) is 0 Å². The Morgan fingerprint density at radius 3 is 2.23 bits per heavy atom. The predicted molar refractivity (Wildman–Crippen MR) is 229 cm³/mol. The molecule has 0 heterocycles. The average Bonchev–Trinajstić information content (AvgIpc) is 3.53.